The molecule has 0 radical (unpaired) electrons. The molecule has 5 heteroatoms. The van der Waals surface area contributed by atoms with Crippen LogP contribution in [0.5, 0.6) is 0 Å². The van der Waals surface area contributed by atoms with Crippen molar-refractivity contribution < 1.29 is 4.52 Å². The van der Waals surface area contributed by atoms with E-state index in [1.807, 2.05) is 12.1 Å². The van der Waals surface area contributed by atoms with Gasteiger partial charge in [0.15, 0.2) is 0 Å². The van der Waals surface area contributed by atoms with Gasteiger partial charge in [-0.2, -0.15) is 10.2 Å². The average molecular weight is 248 g/mol. The van der Waals surface area contributed by atoms with Gasteiger partial charge >= 0.3 is 0 Å². The number of benzene rings is 1. The Kier molecular flexibility index (Phi) is 2.75. The third-order valence-electron chi connectivity index (χ3n) is 2.62. The van der Waals surface area contributed by atoms with Crippen molar-refractivity contribution in [1.29, 1.82) is 5.26 Å². The van der Waals surface area contributed by atoms with Gasteiger partial charge in [-0.1, -0.05) is 17.3 Å². The molecule has 0 spiro atoms. The fourth-order valence-electron chi connectivity index (χ4n) is 1.71. The first kappa shape index (κ1) is 11.1. The van der Waals surface area contributed by atoms with E-state index in [9.17, 15) is 0 Å². The van der Waals surface area contributed by atoms with Crippen LogP contribution in [0.4, 0.5) is 0 Å². The lowest BCUT2D eigenvalue weighted by molar-refractivity contribution is 0.432. The summed E-state index contributed by atoms with van der Waals surface area (Å²) in [4.78, 5) is 8.29. The second kappa shape index (κ2) is 4.70. The minimum absolute atomic E-state index is 0.385. The molecule has 0 saturated carbocycles. The van der Waals surface area contributed by atoms with Crippen molar-refractivity contribution in [3.05, 3.63) is 54.4 Å². The van der Waals surface area contributed by atoms with E-state index in [1.54, 1.807) is 36.7 Å². The Balaban J connectivity index is 2.05. The quantitative estimate of drug-likeness (QED) is 0.696. The molecule has 0 unspecified atom stereocenters. The Bertz CT molecular complexity index is 743. The fourth-order valence-corrected chi connectivity index (χ4v) is 1.71. The predicted octanol–water partition coefficient (Wildman–Crippen LogP) is 2.67. The molecule has 0 bridgehead atoms. The minimum Gasteiger partial charge on any atom is -0.334 e. The number of hydrogen-bond donors (Lipinski definition) is 0. The summed E-state index contributed by atoms with van der Waals surface area (Å²) in [7, 11) is 0. The van der Waals surface area contributed by atoms with E-state index in [1.165, 1.54) is 0 Å². The molecule has 2 aromatic heterocycles. The van der Waals surface area contributed by atoms with Gasteiger partial charge in [-0.3, -0.25) is 4.98 Å². The molecular formula is C14H8N4O. The van der Waals surface area contributed by atoms with Gasteiger partial charge in [0.05, 0.1) is 17.2 Å². The van der Waals surface area contributed by atoms with E-state index in [4.69, 9.17) is 9.78 Å². The molecule has 0 fully saturated rings. The normalized spacial score (nSPS) is 10.1. The van der Waals surface area contributed by atoms with Crippen molar-refractivity contribution in [2.24, 2.45) is 0 Å². The summed E-state index contributed by atoms with van der Waals surface area (Å²) >= 11 is 0. The number of nitriles is 1. The summed E-state index contributed by atoms with van der Waals surface area (Å²) in [6.45, 7) is 0. The molecule has 5 nitrogen and oxygen atoms in total. The minimum atomic E-state index is 0.385. The van der Waals surface area contributed by atoms with Crippen molar-refractivity contribution in [2.75, 3.05) is 0 Å². The first-order valence-corrected chi connectivity index (χ1v) is 5.62. The van der Waals surface area contributed by atoms with Crippen LogP contribution < -0.4 is 0 Å². The Hall–Kier alpha value is -3.00. The second-order valence-electron chi connectivity index (χ2n) is 3.82. The second-order valence-corrected chi connectivity index (χ2v) is 3.82. The van der Waals surface area contributed by atoms with Crippen LogP contribution in [0.25, 0.3) is 22.8 Å². The molecule has 0 saturated heterocycles. The average Bonchev–Trinajstić information content (AvgIpc) is 2.98. The van der Waals surface area contributed by atoms with Crippen LogP contribution in [0.3, 0.4) is 0 Å². The predicted molar refractivity (Wildman–Crippen MR) is 67.7 cm³/mol. The maximum absolute atomic E-state index is 9.06. The van der Waals surface area contributed by atoms with Crippen LogP contribution >= 0.6 is 0 Å². The van der Waals surface area contributed by atoms with E-state index in [0.29, 0.717) is 22.8 Å². The van der Waals surface area contributed by atoms with Crippen molar-refractivity contribution in [1.82, 2.24) is 15.1 Å². The van der Waals surface area contributed by atoms with E-state index in [0.717, 1.165) is 5.56 Å². The van der Waals surface area contributed by atoms with Gasteiger partial charge in [-0.05, 0) is 24.3 Å². The van der Waals surface area contributed by atoms with Crippen molar-refractivity contribution in [2.45, 2.75) is 0 Å². The smallest absolute Gasteiger partial charge is 0.259 e. The highest BCUT2D eigenvalue weighted by Crippen LogP contribution is 2.23. The summed E-state index contributed by atoms with van der Waals surface area (Å²) in [5, 5.41) is 13.0. The highest BCUT2D eigenvalue weighted by Gasteiger charge is 2.13. The summed E-state index contributed by atoms with van der Waals surface area (Å²) < 4.78 is 5.19. The van der Waals surface area contributed by atoms with E-state index in [-0.39, 0.29) is 0 Å². The van der Waals surface area contributed by atoms with Gasteiger partial charge in [0.1, 0.15) is 0 Å². The summed E-state index contributed by atoms with van der Waals surface area (Å²) in [5.74, 6) is 0.784. The van der Waals surface area contributed by atoms with Crippen molar-refractivity contribution in [3.63, 3.8) is 0 Å². The van der Waals surface area contributed by atoms with Gasteiger partial charge < -0.3 is 4.52 Å². The first-order chi connectivity index (χ1) is 9.38. The van der Waals surface area contributed by atoms with Gasteiger partial charge in [0, 0.05) is 18.0 Å². The van der Waals surface area contributed by atoms with Crippen LogP contribution in [0.2, 0.25) is 0 Å². The third-order valence-corrected chi connectivity index (χ3v) is 2.62. The molecule has 0 N–H and O–H groups in total. The Labute approximate surface area is 109 Å². The lowest BCUT2D eigenvalue weighted by Crippen LogP contribution is -1.86. The van der Waals surface area contributed by atoms with E-state index in [2.05, 4.69) is 21.2 Å². The fraction of sp³-hybridized carbons (Fsp3) is 0. The largest absolute Gasteiger partial charge is 0.334 e. The highest BCUT2D eigenvalue weighted by molar-refractivity contribution is 5.65. The monoisotopic (exact) mass is 248 g/mol. The molecule has 1 aromatic carbocycles. The summed E-state index contributed by atoms with van der Waals surface area (Å²) in [6.07, 6.45) is 3.32. The number of aromatic nitrogens is 3. The molecule has 0 amide bonds. The van der Waals surface area contributed by atoms with Crippen LogP contribution in [0.15, 0.2) is 53.3 Å². The molecule has 0 aliphatic rings. The topological polar surface area (TPSA) is 75.6 Å². The van der Waals surface area contributed by atoms with Crippen LogP contribution in [-0.2, 0) is 0 Å². The molecule has 90 valence electrons. The Morgan fingerprint density at radius 2 is 2.00 bits per heavy atom. The standard InChI is InChI=1S/C14H8N4O/c15-8-10-4-1-2-6-12(10)13-17-14(19-18-13)11-5-3-7-16-9-11/h1-7,9H. The number of pyridine rings is 1. The molecule has 0 atom stereocenters. The van der Waals surface area contributed by atoms with E-state index < -0.39 is 0 Å². The third kappa shape index (κ3) is 2.07. The maximum atomic E-state index is 9.06. The number of rotatable bonds is 2. The molecule has 0 aliphatic carbocycles. The van der Waals surface area contributed by atoms with Gasteiger partial charge in [-0.25, -0.2) is 0 Å². The number of hydrogen-bond acceptors (Lipinski definition) is 5. The van der Waals surface area contributed by atoms with E-state index >= 15 is 0 Å². The van der Waals surface area contributed by atoms with Gasteiger partial charge in [-0.15, -0.1) is 0 Å². The Morgan fingerprint density at radius 3 is 2.79 bits per heavy atom. The summed E-state index contributed by atoms with van der Waals surface area (Å²) in [5.41, 5.74) is 1.92. The van der Waals surface area contributed by atoms with Crippen LogP contribution in [-0.4, -0.2) is 15.1 Å². The number of nitrogens with zero attached hydrogens (tertiary/aromatic N) is 4. The van der Waals surface area contributed by atoms with Crippen LogP contribution in [0.1, 0.15) is 5.56 Å². The maximum Gasteiger partial charge on any atom is 0.259 e. The Morgan fingerprint density at radius 1 is 1.11 bits per heavy atom. The molecular weight excluding hydrogens is 240 g/mol. The molecule has 3 rings (SSSR count). The molecule has 2 heterocycles. The van der Waals surface area contributed by atoms with Crippen molar-refractivity contribution in [3.8, 4) is 28.9 Å². The lowest BCUT2D eigenvalue weighted by Gasteiger charge is -1.95. The van der Waals surface area contributed by atoms with Crippen molar-refractivity contribution >= 4 is 0 Å². The highest BCUT2D eigenvalue weighted by atomic mass is 16.5. The molecule has 3 aromatic rings. The van der Waals surface area contributed by atoms with Gasteiger partial charge in [0.2, 0.25) is 5.82 Å². The van der Waals surface area contributed by atoms with Gasteiger partial charge in [0.25, 0.3) is 5.89 Å². The molecule has 0 aliphatic heterocycles. The lowest BCUT2D eigenvalue weighted by atomic mass is 10.1. The summed E-state index contributed by atoms with van der Waals surface area (Å²) in [6, 6.07) is 12.9. The zero-order valence-electron chi connectivity index (χ0n) is 9.82. The SMILES string of the molecule is N#Cc1ccccc1-c1noc(-c2cccnc2)n1. The zero-order valence-corrected chi connectivity index (χ0v) is 9.82. The first-order valence-electron chi connectivity index (χ1n) is 5.62. The zero-order chi connectivity index (χ0) is 13.1. The van der Waals surface area contributed by atoms with Crippen LogP contribution in [0, 0.1) is 11.3 Å². The molecule has 19 heavy (non-hydrogen) atoms.